The van der Waals surface area contributed by atoms with Crippen LogP contribution in [0.3, 0.4) is 0 Å². The van der Waals surface area contributed by atoms with Gasteiger partial charge in [0.2, 0.25) is 5.91 Å². The Labute approximate surface area is 163 Å². The van der Waals surface area contributed by atoms with Crippen LogP contribution < -0.4 is 15.8 Å². The third-order valence-corrected chi connectivity index (χ3v) is 5.35. The third-order valence-electron chi connectivity index (χ3n) is 5.35. The highest BCUT2D eigenvalue weighted by Crippen LogP contribution is 2.24. The first kappa shape index (κ1) is 18.2. The Kier molecular flexibility index (Phi) is 5.10. The molecule has 1 fully saturated rings. The molecule has 0 spiro atoms. The smallest absolute Gasteiger partial charge is 0.261 e. The van der Waals surface area contributed by atoms with Crippen LogP contribution in [0.5, 0.6) is 0 Å². The Morgan fingerprint density at radius 1 is 1.11 bits per heavy atom. The number of benzene rings is 2. The van der Waals surface area contributed by atoms with Crippen LogP contribution in [0.25, 0.3) is 10.9 Å². The van der Waals surface area contributed by atoms with Gasteiger partial charge in [0.15, 0.2) is 0 Å². The molecule has 6 nitrogen and oxygen atoms in total. The summed E-state index contributed by atoms with van der Waals surface area (Å²) in [5.74, 6) is 0.543. The van der Waals surface area contributed by atoms with Crippen molar-refractivity contribution >= 4 is 28.2 Å². The van der Waals surface area contributed by atoms with E-state index in [0.717, 1.165) is 24.7 Å². The van der Waals surface area contributed by atoms with E-state index in [-0.39, 0.29) is 18.0 Å². The molecule has 28 heavy (non-hydrogen) atoms. The molecule has 0 saturated carbocycles. The minimum absolute atomic E-state index is 0.0670. The van der Waals surface area contributed by atoms with Crippen molar-refractivity contribution in [3.05, 3.63) is 65.2 Å². The molecule has 1 aliphatic heterocycles. The Balaban J connectivity index is 1.41. The van der Waals surface area contributed by atoms with E-state index < -0.39 is 0 Å². The number of hydrogen-bond donors (Lipinski definition) is 1. The molecule has 1 aromatic heterocycles. The highest BCUT2D eigenvalue weighted by Gasteiger charge is 2.16. The molecule has 1 amide bonds. The normalized spacial score (nSPS) is 15.0. The summed E-state index contributed by atoms with van der Waals surface area (Å²) < 4.78 is 1.33. The maximum Gasteiger partial charge on any atom is 0.261 e. The standard InChI is InChI=1S/C22H24N4O2/c1-16-10-12-25(13-11-16)18-8-6-17(7-9-18)24-21(27)14-26-15-23-20-5-3-2-4-19(20)22(26)28/h2-9,15-16H,10-14H2,1H3,(H,24,27). The fourth-order valence-corrected chi connectivity index (χ4v) is 3.60. The maximum atomic E-state index is 12.5. The summed E-state index contributed by atoms with van der Waals surface area (Å²) in [4.78, 5) is 31.5. The molecule has 0 atom stereocenters. The van der Waals surface area contributed by atoms with Crippen molar-refractivity contribution in [3.8, 4) is 0 Å². The zero-order valence-electron chi connectivity index (χ0n) is 16.0. The number of carbonyl (C=O) groups excluding carboxylic acids is 1. The summed E-state index contributed by atoms with van der Waals surface area (Å²) in [6.45, 7) is 4.38. The number of amides is 1. The fraction of sp³-hybridized carbons (Fsp3) is 0.318. The first-order valence-corrected chi connectivity index (χ1v) is 9.69. The Morgan fingerprint density at radius 2 is 1.82 bits per heavy atom. The minimum Gasteiger partial charge on any atom is -0.372 e. The van der Waals surface area contributed by atoms with Crippen molar-refractivity contribution in [3.63, 3.8) is 0 Å². The lowest BCUT2D eigenvalue weighted by Gasteiger charge is -2.32. The van der Waals surface area contributed by atoms with Crippen molar-refractivity contribution in [2.75, 3.05) is 23.3 Å². The van der Waals surface area contributed by atoms with E-state index in [4.69, 9.17) is 0 Å². The summed E-state index contributed by atoms with van der Waals surface area (Å²) in [6, 6.07) is 15.0. The van der Waals surface area contributed by atoms with E-state index in [1.807, 2.05) is 30.3 Å². The molecular formula is C22H24N4O2. The molecule has 0 aliphatic carbocycles. The van der Waals surface area contributed by atoms with E-state index >= 15 is 0 Å². The Morgan fingerprint density at radius 3 is 2.57 bits per heavy atom. The van der Waals surface area contributed by atoms with Crippen LogP contribution in [0.2, 0.25) is 0 Å². The number of para-hydroxylation sites is 1. The highest BCUT2D eigenvalue weighted by molar-refractivity contribution is 5.91. The van der Waals surface area contributed by atoms with E-state index in [1.54, 1.807) is 18.2 Å². The highest BCUT2D eigenvalue weighted by atomic mass is 16.2. The minimum atomic E-state index is -0.251. The SMILES string of the molecule is CC1CCN(c2ccc(NC(=O)Cn3cnc4ccccc4c3=O)cc2)CC1. The number of anilines is 2. The van der Waals surface area contributed by atoms with Gasteiger partial charge in [0.1, 0.15) is 6.54 Å². The molecule has 2 heterocycles. The van der Waals surface area contributed by atoms with Gasteiger partial charge in [-0.15, -0.1) is 0 Å². The predicted molar refractivity (Wildman–Crippen MR) is 112 cm³/mol. The molecule has 0 bridgehead atoms. The van der Waals surface area contributed by atoms with Crippen LogP contribution in [0.1, 0.15) is 19.8 Å². The summed E-state index contributed by atoms with van der Waals surface area (Å²) in [6.07, 6.45) is 3.85. The van der Waals surface area contributed by atoms with Gasteiger partial charge in [0.05, 0.1) is 17.2 Å². The van der Waals surface area contributed by atoms with Crippen molar-refractivity contribution in [2.24, 2.45) is 5.92 Å². The molecule has 3 aromatic rings. The van der Waals surface area contributed by atoms with Gasteiger partial charge in [-0.3, -0.25) is 14.2 Å². The van der Waals surface area contributed by atoms with Gasteiger partial charge in [-0.1, -0.05) is 19.1 Å². The quantitative estimate of drug-likeness (QED) is 0.759. The molecule has 6 heteroatoms. The van der Waals surface area contributed by atoms with Gasteiger partial charge in [-0.05, 0) is 55.2 Å². The number of rotatable bonds is 4. The summed E-state index contributed by atoms with van der Waals surface area (Å²) in [5, 5.41) is 3.37. The van der Waals surface area contributed by atoms with Gasteiger partial charge in [-0.2, -0.15) is 0 Å². The molecule has 144 valence electrons. The molecule has 0 unspecified atom stereocenters. The zero-order valence-corrected chi connectivity index (χ0v) is 16.0. The zero-order chi connectivity index (χ0) is 19.5. The van der Waals surface area contributed by atoms with Crippen molar-refractivity contribution in [1.82, 2.24) is 9.55 Å². The number of hydrogen-bond acceptors (Lipinski definition) is 4. The van der Waals surface area contributed by atoms with E-state index in [0.29, 0.717) is 10.9 Å². The largest absolute Gasteiger partial charge is 0.372 e. The molecule has 1 N–H and O–H groups in total. The van der Waals surface area contributed by atoms with E-state index in [9.17, 15) is 9.59 Å². The van der Waals surface area contributed by atoms with Gasteiger partial charge in [0.25, 0.3) is 5.56 Å². The van der Waals surface area contributed by atoms with Gasteiger partial charge in [0, 0.05) is 24.5 Å². The lowest BCUT2D eigenvalue weighted by molar-refractivity contribution is -0.116. The van der Waals surface area contributed by atoms with E-state index in [1.165, 1.54) is 29.4 Å². The van der Waals surface area contributed by atoms with Crippen molar-refractivity contribution in [1.29, 1.82) is 0 Å². The van der Waals surface area contributed by atoms with Gasteiger partial charge in [-0.25, -0.2) is 4.98 Å². The van der Waals surface area contributed by atoms with E-state index in [2.05, 4.69) is 22.1 Å². The molecule has 4 rings (SSSR count). The molecule has 1 saturated heterocycles. The Hall–Kier alpha value is -3.15. The fourth-order valence-electron chi connectivity index (χ4n) is 3.60. The first-order valence-electron chi connectivity index (χ1n) is 9.69. The number of fused-ring (bicyclic) bond motifs is 1. The van der Waals surface area contributed by atoms with Crippen LogP contribution in [-0.2, 0) is 11.3 Å². The molecular weight excluding hydrogens is 352 g/mol. The monoisotopic (exact) mass is 376 g/mol. The molecule has 2 aromatic carbocycles. The predicted octanol–water partition coefficient (Wildman–Crippen LogP) is 3.27. The van der Waals surface area contributed by atoms with Gasteiger partial charge >= 0.3 is 0 Å². The molecule has 1 aliphatic rings. The lowest BCUT2D eigenvalue weighted by atomic mass is 9.99. The van der Waals surface area contributed by atoms with Crippen molar-refractivity contribution < 1.29 is 4.79 Å². The number of nitrogens with zero attached hydrogens (tertiary/aromatic N) is 3. The number of aromatic nitrogens is 2. The maximum absolute atomic E-state index is 12.5. The van der Waals surface area contributed by atoms with Crippen molar-refractivity contribution in [2.45, 2.75) is 26.3 Å². The Bertz CT molecular complexity index is 1030. The second-order valence-corrected chi connectivity index (χ2v) is 7.46. The average Bonchev–Trinajstić information content (AvgIpc) is 2.71. The second kappa shape index (κ2) is 7.84. The van der Waals surface area contributed by atoms with Crippen LogP contribution in [0, 0.1) is 5.92 Å². The van der Waals surface area contributed by atoms with Crippen LogP contribution in [0.4, 0.5) is 11.4 Å². The third kappa shape index (κ3) is 3.91. The topological polar surface area (TPSA) is 67.2 Å². The molecule has 0 radical (unpaired) electrons. The average molecular weight is 376 g/mol. The van der Waals surface area contributed by atoms with Crippen LogP contribution in [-0.4, -0.2) is 28.5 Å². The summed E-state index contributed by atoms with van der Waals surface area (Å²) in [5.41, 5.74) is 2.32. The summed E-state index contributed by atoms with van der Waals surface area (Å²) >= 11 is 0. The number of carbonyl (C=O) groups is 1. The lowest BCUT2D eigenvalue weighted by Crippen LogP contribution is -2.32. The van der Waals surface area contributed by atoms with Gasteiger partial charge < -0.3 is 10.2 Å². The second-order valence-electron chi connectivity index (χ2n) is 7.46. The first-order chi connectivity index (χ1) is 13.6. The van der Waals surface area contributed by atoms with Crippen LogP contribution in [0.15, 0.2) is 59.7 Å². The summed E-state index contributed by atoms with van der Waals surface area (Å²) in [7, 11) is 0. The number of nitrogens with one attached hydrogen (secondary N) is 1. The van der Waals surface area contributed by atoms with Crippen LogP contribution >= 0.6 is 0 Å². The number of piperidine rings is 1.